The van der Waals surface area contributed by atoms with Gasteiger partial charge in [0.15, 0.2) is 0 Å². The molecule has 3 rings (SSSR count). The summed E-state index contributed by atoms with van der Waals surface area (Å²) in [6.45, 7) is 5.16. The lowest BCUT2D eigenvalue weighted by Gasteiger charge is -2.36. The summed E-state index contributed by atoms with van der Waals surface area (Å²) in [6, 6.07) is 17.9. The molecule has 0 aromatic heterocycles. The number of ether oxygens (including phenoxy) is 1. The Morgan fingerprint density at radius 3 is 2.37 bits per heavy atom. The Morgan fingerprint density at radius 2 is 1.74 bits per heavy atom. The Hall–Kier alpha value is -2.54. The van der Waals surface area contributed by atoms with Crippen molar-refractivity contribution in [2.75, 3.05) is 43.1 Å². The molecule has 1 heterocycles. The highest BCUT2D eigenvalue weighted by Gasteiger charge is 2.25. The first-order valence-electron chi connectivity index (χ1n) is 8.98. The minimum atomic E-state index is -0.407. The van der Waals surface area contributed by atoms with Crippen LogP contribution in [0.5, 0.6) is 0 Å². The Morgan fingerprint density at radius 1 is 1.07 bits per heavy atom. The zero-order chi connectivity index (χ0) is 19.1. The van der Waals surface area contributed by atoms with Gasteiger partial charge < -0.3 is 14.5 Å². The number of hydrazone groups is 1. The fourth-order valence-corrected chi connectivity index (χ4v) is 3.16. The fraction of sp³-hybridized carbons (Fsp3) is 0.300. The maximum absolute atomic E-state index is 12.4. The molecule has 0 radical (unpaired) electrons. The lowest BCUT2D eigenvalue weighted by molar-refractivity contribution is -0.135. The third kappa shape index (κ3) is 5.23. The second kappa shape index (κ2) is 9.41. The molecule has 0 aliphatic carbocycles. The third-order valence-corrected chi connectivity index (χ3v) is 4.82. The van der Waals surface area contributed by atoms with E-state index < -0.39 is 5.97 Å². The summed E-state index contributed by atoms with van der Waals surface area (Å²) in [7, 11) is 0. The Bertz CT molecular complexity index is 772. The average molecular weight is 431 g/mol. The number of nitrogens with one attached hydrogen (secondary N) is 1. The summed E-state index contributed by atoms with van der Waals surface area (Å²) in [4.78, 5) is 16.7. The second-order valence-corrected chi connectivity index (χ2v) is 7.00. The van der Waals surface area contributed by atoms with Crippen LogP contribution in [0.3, 0.4) is 0 Å². The highest BCUT2D eigenvalue weighted by Crippen LogP contribution is 2.17. The van der Waals surface area contributed by atoms with Crippen LogP contribution in [-0.2, 0) is 9.53 Å². The van der Waals surface area contributed by atoms with E-state index in [1.807, 2.05) is 47.4 Å². The molecule has 142 valence electrons. The molecular formula is C20H23BrN4O2. The van der Waals surface area contributed by atoms with E-state index in [0.29, 0.717) is 25.5 Å². The van der Waals surface area contributed by atoms with E-state index in [2.05, 4.69) is 43.5 Å². The van der Waals surface area contributed by atoms with Crippen LogP contribution in [0.1, 0.15) is 6.92 Å². The molecule has 0 saturated carbocycles. The molecule has 0 unspecified atom stereocenters. The minimum absolute atomic E-state index is 0.312. The number of piperazine rings is 1. The monoisotopic (exact) mass is 430 g/mol. The lowest BCUT2D eigenvalue weighted by atomic mass is 10.2. The molecular weight excluding hydrogens is 408 g/mol. The number of nitrogens with zero attached hydrogens (tertiary/aromatic N) is 3. The molecule has 2 aromatic rings. The molecule has 6 nitrogen and oxygen atoms in total. The first kappa shape index (κ1) is 19.2. The van der Waals surface area contributed by atoms with Crippen molar-refractivity contribution >= 4 is 39.1 Å². The van der Waals surface area contributed by atoms with Crippen LogP contribution in [0.25, 0.3) is 0 Å². The number of carbonyl (C=O) groups is 1. The number of rotatable bonds is 4. The standard InChI is InChI=1S/C20H23BrN4O2/c1-2-27-20(26)19(23-22-17-10-8-16(21)9-11-17)25-14-12-24(13-15-25)18-6-4-3-5-7-18/h3-11,22H,2,12-15H2,1H3/b23-19-. The van der Waals surface area contributed by atoms with Gasteiger partial charge in [-0.2, -0.15) is 0 Å². The smallest absolute Gasteiger partial charge is 0.375 e. The minimum Gasteiger partial charge on any atom is -0.460 e. The van der Waals surface area contributed by atoms with Crippen molar-refractivity contribution in [3.8, 4) is 0 Å². The molecule has 0 bridgehead atoms. The highest BCUT2D eigenvalue weighted by atomic mass is 79.9. The van der Waals surface area contributed by atoms with Crippen molar-refractivity contribution in [3.05, 3.63) is 59.1 Å². The lowest BCUT2D eigenvalue weighted by Crippen LogP contribution is -2.51. The van der Waals surface area contributed by atoms with E-state index in [9.17, 15) is 4.79 Å². The van der Waals surface area contributed by atoms with Crippen LogP contribution in [0.4, 0.5) is 11.4 Å². The fourth-order valence-electron chi connectivity index (χ4n) is 2.90. The number of para-hydroxylation sites is 1. The van der Waals surface area contributed by atoms with E-state index >= 15 is 0 Å². The zero-order valence-electron chi connectivity index (χ0n) is 15.3. The molecule has 1 aliphatic rings. The number of anilines is 2. The van der Waals surface area contributed by atoms with Crippen molar-refractivity contribution < 1.29 is 9.53 Å². The maximum atomic E-state index is 12.4. The van der Waals surface area contributed by atoms with Gasteiger partial charge in [0, 0.05) is 36.3 Å². The van der Waals surface area contributed by atoms with Crippen LogP contribution in [0, 0.1) is 0 Å². The summed E-state index contributed by atoms with van der Waals surface area (Å²) in [5, 5.41) is 4.35. The van der Waals surface area contributed by atoms with Crippen LogP contribution in [0.2, 0.25) is 0 Å². The van der Waals surface area contributed by atoms with Gasteiger partial charge in [-0.05, 0) is 43.3 Å². The SMILES string of the molecule is CCOC(=O)/C(=N/Nc1ccc(Br)cc1)N1CCN(c2ccccc2)CC1. The van der Waals surface area contributed by atoms with Gasteiger partial charge in [-0.1, -0.05) is 34.1 Å². The zero-order valence-corrected chi connectivity index (χ0v) is 16.9. The quantitative estimate of drug-likeness (QED) is 0.347. The highest BCUT2D eigenvalue weighted by molar-refractivity contribution is 9.10. The van der Waals surface area contributed by atoms with Crippen LogP contribution in [-0.4, -0.2) is 49.5 Å². The van der Waals surface area contributed by atoms with Gasteiger partial charge in [-0.15, -0.1) is 5.10 Å². The van der Waals surface area contributed by atoms with Crippen LogP contribution in [0.15, 0.2) is 64.2 Å². The van der Waals surface area contributed by atoms with Crippen molar-refractivity contribution in [3.63, 3.8) is 0 Å². The second-order valence-electron chi connectivity index (χ2n) is 6.08. The number of halogens is 1. The number of hydrogen-bond acceptors (Lipinski definition) is 5. The van der Waals surface area contributed by atoms with E-state index in [0.717, 1.165) is 23.2 Å². The molecule has 0 spiro atoms. The Labute approximate surface area is 167 Å². The van der Waals surface area contributed by atoms with Gasteiger partial charge in [-0.25, -0.2) is 4.79 Å². The van der Waals surface area contributed by atoms with Crippen molar-refractivity contribution in [2.45, 2.75) is 6.92 Å². The first-order valence-corrected chi connectivity index (χ1v) is 9.78. The molecule has 0 atom stereocenters. The summed E-state index contributed by atoms with van der Waals surface area (Å²) in [5.41, 5.74) is 4.96. The normalized spacial score (nSPS) is 14.8. The van der Waals surface area contributed by atoms with Gasteiger partial charge >= 0.3 is 5.97 Å². The number of carbonyl (C=O) groups excluding carboxylic acids is 1. The predicted octanol–water partition coefficient (Wildman–Crippen LogP) is 3.56. The molecule has 27 heavy (non-hydrogen) atoms. The van der Waals surface area contributed by atoms with E-state index in [-0.39, 0.29) is 0 Å². The Balaban J connectivity index is 1.69. The van der Waals surface area contributed by atoms with Gasteiger partial charge in [0.1, 0.15) is 0 Å². The number of hydrogen-bond donors (Lipinski definition) is 1. The average Bonchev–Trinajstić information content (AvgIpc) is 2.71. The van der Waals surface area contributed by atoms with E-state index in [1.165, 1.54) is 5.69 Å². The van der Waals surface area contributed by atoms with Crippen molar-refractivity contribution in [2.24, 2.45) is 5.10 Å². The van der Waals surface area contributed by atoms with E-state index in [4.69, 9.17) is 4.74 Å². The molecule has 1 fully saturated rings. The number of amidine groups is 1. The van der Waals surface area contributed by atoms with Gasteiger partial charge in [-0.3, -0.25) is 5.43 Å². The maximum Gasteiger partial charge on any atom is 0.375 e. The number of benzene rings is 2. The Kier molecular flexibility index (Phi) is 6.70. The molecule has 7 heteroatoms. The first-order chi connectivity index (χ1) is 13.2. The van der Waals surface area contributed by atoms with Crippen molar-refractivity contribution in [1.29, 1.82) is 0 Å². The molecule has 1 aliphatic heterocycles. The predicted molar refractivity (Wildman–Crippen MR) is 112 cm³/mol. The topological polar surface area (TPSA) is 57.2 Å². The number of esters is 1. The van der Waals surface area contributed by atoms with Gasteiger partial charge in [0.05, 0.1) is 12.3 Å². The molecule has 2 aromatic carbocycles. The van der Waals surface area contributed by atoms with Crippen LogP contribution >= 0.6 is 15.9 Å². The summed E-state index contributed by atoms with van der Waals surface area (Å²) in [5.74, 6) is -0.0947. The summed E-state index contributed by atoms with van der Waals surface area (Å²) in [6.07, 6.45) is 0. The molecule has 1 N–H and O–H groups in total. The summed E-state index contributed by atoms with van der Waals surface area (Å²) >= 11 is 3.41. The molecule has 0 amide bonds. The largest absolute Gasteiger partial charge is 0.460 e. The van der Waals surface area contributed by atoms with Crippen LogP contribution < -0.4 is 10.3 Å². The van der Waals surface area contributed by atoms with Crippen molar-refractivity contribution in [1.82, 2.24) is 4.90 Å². The summed E-state index contributed by atoms with van der Waals surface area (Å²) < 4.78 is 6.19. The third-order valence-electron chi connectivity index (χ3n) is 4.29. The van der Waals surface area contributed by atoms with Gasteiger partial charge in [0.25, 0.3) is 0 Å². The molecule has 1 saturated heterocycles. The van der Waals surface area contributed by atoms with Gasteiger partial charge in [0.2, 0.25) is 5.84 Å². The van der Waals surface area contributed by atoms with E-state index in [1.54, 1.807) is 6.92 Å².